The van der Waals surface area contributed by atoms with Gasteiger partial charge in [-0.3, -0.25) is 4.79 Å². The molecule has 1 rings (SSSR count). The molecule has 1 heterocycles. The summed E-state index contributed by atoms with van der Waals surface area (Å²) in [7, 11) is 0. The number of carbonyl (C=O) groups is 1. The Kier molecular flexibility index (Phi) is 4.57. The van der Waals surface area contributed by atoms with E-state index >= 15 is 0 Å². The minimum atomic E-state index is -0.352. The monoisotopic (exact) mass is 222 g/mol. The van der Waals surface area contributed by atoms with Crippen LogP contribution in [0.4, 0.5) is 11.5 Å². The first-order chi connectivity index (χ1) is 7.63. The molecule has 5 nitrogen and oxygen atoms in total. The largest absolute Gasteiger partial charge is 0.397 e. The van der Waals surface area contributed by atoms with Gasteiger partial charge in [-0.15, -0.1) is 0 Å². The predicted octanol–water partition coefficient (Wildman–Crippen LogP) is 0.756. The lowest BCUT2D eigenvalue weighted by Crippen LogP contribution is -2.35. The summed E-state index contributed by atoms with van der Waals surface area (Å²) in [6, 6.07) is 3.57. The number of amides is 1. The van der Waals surface area contributed by atoms with E-state index in [0.29, 0.717) is 5.69 Å². The molecule has 0 fully saturated rings. The van der Waals surface area contributed by atoms with Crippen molar-refractivity contribution < 1.29 is 4.79 Å². The number of nitrogens with zero attached hydrogens (tertiary/aromatic N) is 2. The van der Waals surface area contributed by atoms with Gasteiger partial charge in [-0.25, -0.2) is 4.98 Å². The summed E-state index contributed by atoms with van der Waals surface area (Å²) < 4.78 is 0. The Bertz CT molecular complexity index is 336. The molecule has 0 spiro atoms. The number of aromatic nitrogens is 1. The lowest BCUT2D eigenvalue weighted by atomic mass is 10.3. The van der Waals surface area contributed by atoms with Gasteiger partial charge in [0.25, 0.3) is 0 Å². The minimum Gasteiger partial charge on any atom is -0.397 e. The normalized spacial score (nSPS) is 10.1. The molecule has 4 N–H and O–H groups in total. The van der Waals surface area contributed by atoms with Crippen LogP contribution in [0.3, 0.4) is 0 Å². The molecule has 1 aromatic rings. The molecule has 0 bridgehead atoms. The van der Waals surface area contributed by atoms with Gasteiger partial charge in [-0.2, -0.15) is 0 Å². The molecule has 0 saturated heterocycles. The molecule has 0 saturated carbocycles. The number of pyridine rings is 1. The zero-order chi connectivity index (χ0) is 12.0. The van der Waals surface area contributed by atoms with Crippen molar-refractivity contribution >= 4 is 17.4 Å². The smallest absolute Gasteiger partial charge is 0.236 e. The number of primary amides is 1. The fourth-order valence-corrected chi connectivity index (χ4v) is 1.40. The molecule has 0 atom stereocenters. The van der Waals surface area contributed by atoms with Crippen LogP contribution in [-0.4, -0.2) is 24.0 Å². The second-order valence-electron chi connectivity index (χ2n) is 3.69. The molecule has 16 heavy (non-hydrogen) atoms. The van der Waals surface area contributed by atoms with Crippen molar-refractivity contribution in [3.8, 4) is 0 Å². The third-order valence-electron chi connectivity index (χ3n) is 2.22. The van der Waals surface area contributed by atoms with Crippen LogP contribution in [0.25, 0.3) is 0 Å². The molecular weight excluding hydrogens is 204 g/mol. The Balaban J connectivity index is 2.74. The van der Waals surface area contributed by atoms with Gasteiger partial charge < -0.3 is 16.4 Å². The zero-order valence-corrected chi connectivity index (χ0v) is 9.52. The highest BCUT2D eigenvalue weighted by atomic mass is 16.1. The van der Waals surface area contributed by atoms with Gasteiger partial charge in [0, 0.05) is 6.54 Å². The topological polar surface area (TPSA) is 85.2 Å². The van der Waals surface area contributed by atoms with Crippen LogP contribution in [0, 0.1) is 0 Å². The highest BCUT2D eigenvalue weighted by molar-refractivity contribution is 5.79. The number of carbonyl (C=O) groups excluding carboxylic acids is 1. The number of nitrogen functional groups attached to an aromatic ring is 1. The maximum Gasteiger partial charge on any atom is 0.236 e. The van der Waals surface area contributed by atoms with E-state index in [0.717, 1.165) is 25.2 Å². The molecule has 0 unspecified atom stereocenters. The average molecular weight is 222 g/mol. The molecule has 0 radical (unpaired) electrons. The van der Waals surface area contributed by atoms with Gasteiger partial charge in [0.15, 0.2) is 0 Å². The van der Waals surface area contributed by atoms with Gasteiger partial charge >= 0.3 is 0 Å². The first-order valence-electron chi connectivity index (χ1n) is 5.38. The fourth-order valence-electron chi connectivity index (χ4n) is 1.40. The quantitative estimate of drug-likeness (QED) is 0.744. The van der Waals surface area contributed by atoms with Crippen LogP contribution in [0.1, 0.15) is 19.8 Å². The molecule has 1 aromatic heterocycles. The molecule has 0 aromatic carbocycles. The van der Waals surface area contributed by atoms with Gasteiger partial charge in [-0.05, 0) is 18.6 Å². The number of hydrogen-bond donors (Lipinski definition) is 2. The van der Waals surface area contributed by atoms with E-state index in [1.807, 2.05) is 4.90 Å². The Morgan fingerprint density at radius 3 is 2.75 bits per heavy atom. The Morgan fingerprint density at radius 1 is 1.50 bits per heavy atom. The van der Waals surface area contributed by atoms with Crippen LogP contribution in [0.2, 0.25) is 0 Å². The summed E-state index contributed by atoms with van der Waals surface area (Å²) in [6.07, 6.45) is 3.64. The summed E-state index contributed by atoms with van der Waals surface area (Å²) in [6.45, 7) is 3.06. The van der Waals surface area contributed by atoms with Crippen molar-refractivity contribution in [2.75, 3.05) is 23.7 Å². The Morgan fingerprint density at radius 2 is 2.25 bits per heavy atom. The van der Waals surface area contributed by atoms with Crippen LogP contribution in [-0.2, 0) is 4.79 Å². The van der Waals surface area contributed by atoms with Gasteiger partial charge in [0.05, 0.1) is 18.4 Å². The van der Waals surface area contributed by atoms with Crippen molar-refractivity contribution in [1.29, 1.82) is 0 Å². The Hall–Kier alpha value is -1.78. The number of rotatable bonds is 6. The molecule has 0 aliphatic carbocycles. The lowest BCUT2D eigenvalue weighted by Gasteiger charge is -2.21. The second-order valence-corrected chi connectivity index (χ2v) is 3.69. The van der Waals surface area contributed by atoms with E-state index in [-0.39, 0.29) is 12.5 Å². The first-order valence-corrected chi connectivity index (χ1v) is 5.38. The molecule has 5 heteroatoms. The molecular formula is C11H18N4O. The maximum atomic E-state index is 10.9. The number of hydrogen-bond acceptors (Lipinski definition) is 4. The zero-order valence-electron chi connectivity index (χ0n) is 9.52. The molecule has 0 aliphatic rings. The van der Waals surface area contributed by atoms with Crippen LogP contribution < -0.4 is 16.4 Å². The molecule has 88 valence electrons. The highest BCUT2D eigenvalue weighted by Gasteiger charge is 2.09. The number of unbranched alkanes of at least 4 members (excludes halogenated alkanes) is 1. The van der Waals surface area contributed by atoms with E-state index in [1.165, 1.54) is 0 Å². The third-order valence-corrected chi connectivity index (χ3v) is 2.22. The lowest BCUT2D eigenvalue weighted by molar-refractivity contribution is -0.116. The van der Waals surface area contributed by atoms with Gasteiger partial charge in [-0.1, -0.05) is 13.3 Å². The summed E-state index contributed by atoms with van der Waals surface area (Å²) >= 11 is 0. The third kappa shape index (κ3) is 3.76. The summed E-state index contributed by atoms with van der Waals surface area (Å²) in [5, 5.41) is 0. The van der Waals surface area contributed by atoms with Crippen molar-refractivity contribution in [3.63, 3.8) is 0 Å². The van der Waals surface area contributed by atoms with Crippen LogP contribution in [0.15, 0.2) is 18.3 Å². The summed E-state index contributed by atoms with van der Waals surface area (Å²) in [4.78, 5) is 17.0. The predicted molar refractivity (Wildman–Crippen MR) is 65.0 cm³/mol. The van der Waals surface area contributed by atoms with Crippen LogP contribution >= 0.6 is 0 Å². The van der Waals surface area contributed by atoms with Crippen LogP contribution in [0.5, 0.6) is 0 Å². The molecule has 0 aliphatic heterocycles. The van der Waals surface area contributed by atoms with Crippen molar-refractivity contribution in [2.45, 2.75) is 19.8 Å². The van der Waals surface area contributed by atoms with Gasteiger partial charge in [0.1, 0.15) is 5.82 Å². The van der Waals surface area contributed by atoms with E-state index in [2.05, 4.69) is 11.9 Å². The van der Waals surface area contributed by atoms with Crippen molar-refractivity contribution in [2.24, 2.45) is 5.73 Å². The molecule has 1 amide bonds. The van der Waals surface area contributed by atoms with Crippen molar-refractivity contribution in [1.82, 2.24) is 4.98 Å². The Labute approximate surface area is 95.4 Å². The van der Waals surface area contributed by atoms with Crippen molar-refractivity contribution in [3.05, 3.63) is 18.3 Å². The van der Waals surface area contributed by atoms with E-state index < -0.39 is 0 Å². The summed E-state index contributed by atoms with van der Waals surface area (Å²) in [5.74, 6) is 0.385. The van der Waals surface area contributed by atoms with Gasteiger partial charge in [0.2, 0.25) is 5.91 Å². The SMILES string of the molecule is CCCCN(CC(N)=O)c1ccc(N)cn1. The number of nitrogens with two attached hydrogens (primary N) is 2. The maximum absolute atomic E-state index is 10.9. The average Bonchev–Trinajstić information content (AvgIpc) is 2.25. The summed E-state index contributed by atoms with van der Waals surface area (Å²) in [5.41, 5.74) is 11.4. The van der Waals surface area contributed by atoms with E-state index in [1.54, 1.807) is 18.3 Å². The first kappa shape index (κ1) is 12.3. The minimum absolute atomic E-state index is 0.191. The number of anilines is 2. The highest BCUT2D eigenvalue weighted by Crippen LogP contribution is 2.12. The second kappa shape index (κ2) is 5.95. The fraction of sp³-hybridized carbons (Fsp3) is 0.455. The standard InChI is InChI=1S/C11H18N4O/c1-2-3-6-15(8-10(13)16)11-5-4-9(12)7-14-11/h4-5,7H,2-3,6,8,12H2,1H3,(H2,13,16). The van der Waals surface area contributed by atoms with E-state index in [9.17, 15) is 4.79 Å². The van der Waals surface area contributed by atoms with E-state index in [4.69, 9.17) is 11.5 Å².